The van der Waals surface area contributed by atoms with Gasteiger partial charge in [0.05, 0.1) is 22.1 Å². The van der Waals surface area contributed by atoms with E-state index < -0.39 is 15.1 Å². The predicted octanol–water partition coefficient (Wildman–Crippen LogP) is 3.16. The van der Waals surface area contributed by atoms with Crippen molar-refractivity contribution in [2.24, 2.45) is 5.92 Å². The molecule has 4 heteroatoms. The van der Waals surface area contributed by atoms with Gasteiger partial charge in [-0.15, -0.1) is 0 Å². The first-order valence-corrected chi connectivity index (χ1v) is 8.22. The minimum absolute atomic E-state index is 0.362. The summed E-state index contributed by atoms with van der Waals surface area (Å²) in [4.78, 5) is 0.394. The normalized spacial score (nSPS) is 23.8. The molecule has 0 radical (unpaired) electrons. The zero-order valence-corrected chi connectivity index (χ0v) is 12.2. The van der Waals surface area contributed by atoms with Crippen molar-refractivity contribution in [3.63, 3.8) is 0 Å². The van der Waals surface area contributed by atoms with Gasteiger partial charge in [-0.25, -0.2) is 8.42 Å². The van der Waals surface area contributed by atoms with Crippen molar-refractivity contribution >= 4 is 9.84 Å². The first-order valence-electron chi connectivity index (χ1n) is 6.67. The number of rotatable bonds is 2. The van der Waals surface area contributed by atoms with Gasteiger partial charge >= 0.3 is 0 Å². The topological polar surface area (TPSA) is 57.9 Å². The second-order valence-electron chi connectivity index (χ2n) is 5.37. The third-order valence-corrected chi connectivity index (χ3v) is 6.34. The van der Waals surface area contributed by atoms with Crippen molar-refractivity contribution in [1.82, 2.24) is 0 Å². The van der Waals surface area contributed by atoms with Gasteiger partial charge in [-0.3, -0.25) is 0 Å². The van der Waals surface area contributed by atoms with Crippen LogP contribution in [-0.4, -0.2) is 13.7 Å². The molecule has 0 bridgehead atoms. The van der Waals surface area contributed by atoms with E-state index in [0.29, 0.717) is 17.7 Å². The molecule has 2 atom stereocenters. The van der Waals surface area contributed by atoms with E-state index in [1.165, 1.54) is 0 Å². The van der Waals surface area contributed by atoms with Crippen molar-refractivity contribution in [3.05, 3.63) is 29.3 Å². The molecule has 0 saturated heterocycles. The Morgan fingerprint density at radius 3 is 2.53 bits per heavy atom. The summed E-state index contributed by atoms with van der Waals surface area (Å²) >= 11 is 0. The van der Waals surface area contributed by atoms with Crippen LogP contribution in [0.2, 0.25) is 0 Å². The minimum Gasteiger partial charge on any atom is -0.223 e. The lowest BCUT2D eigenvalue weighted by Gasteiger charge is -2.27. The van der Waals surface area contributed by atoms with E-state index in [-0.39, 0.29) is 5.92 Å². The van der Waals surface area contributed by atoms with Gasteiger partial charge in [0, 0.05) is 0 Å². The molecule has 19 heavy (non-hydrogen) atoms. The van der Waals surface area contributed by atoms with Crippen LogP contribution in [0.5, 0.6) is 0 Å². The quantitative estimate of drug-likeness (QED) is 0.834. The molecular weight excluding hydrogens is 258 g/mol. The molecule has 2 rings (SSSR count). The van der Waals surface area contributed by atoms with Gasteiger partial charge in [-0.2, -0.15) is 5.26 Å². The largest absolute Gasteiger partial charge is 0.223 e. The molecule has 0 amide bonds. The highest BCUT2D eigenvalue weighted by atomic mass is 32.2. The summed E-state index contributed by atoms with van der Waals surface area (Å²) in [5, 5.41) is 8.64. The van der Waals surface area contributed by atoms with Gasteiger partial charge in [0.15, 0.2) is 9.84 Å². The van der Waals surface area contributed by atoms with Crippen LogP contribution in [0.25, 0.3) is 0 Å². The number of sulfone groups is 1. The lowest BCUT2D eigenvalue weighted by molar-refractivity contribution is 0.418. The summed E-state index contributed by atoms with van der Waals surface area (Å²) in [6.07, 6.45) is 3.16. The standard InChI is InChI=1S/C15H19NO2S/c1-11-7-8-14(12(2)9-11)19(17,18)15-6-4-3-5-13(15)10-16/h7-9,13,15H,3-6H2,1-2H3. The molecule has 0 spiro atoms. The molecule has 102 valence electrons. The van der Waals surface area contributed by atoms with E-state index in [9.17, 15) is 13.7 Å². The fraction of sp³-hybridized carbons (Fsp3) is 0.533. The van der Waals surface area contributed by atoms with Crippen molar-refractivity contribution in [1.29, 1.82) is 5.26 Å². The Labute approximate surface area is 115 Å². The van der Waals surface area contributed by atoms with Crippen LogP contribution in [-0.2, 0) is 9.84 Å². The molecule has 0 aliphatic heterocycles. The highest BCUT2D eigenvalue weighted by molar-refractivity contribution is 7.92. The predicted molar refractivity (Wildman–Crippen MR) is 74.5 cm³/mol. The number of nitriles is 1. The average Bonchev–Trinajstić information content (AvgIpc) is 2.38. The van der Waals surface area contributed by atoms with Crippen LogP contribution in [0.4, 0.5) is 0 Å². The maximum Gasteiger partial charge on any atom is 0.182 e. The molecule has 0 N–H and O–H groups in total. The van der Waals surface area contributed by atoms with Crippen LogP contribution >= 0.6 is 0 Å². The van der Waals surface area contributed by atoms with Crippen molar-refractivity contribution in [2.45, 2.75) is 49.7 Å². The van der Waals surface area contributed by atoms with Crippen LogP contribution in [0.3, 0.4) is 0 Å². The monoisotopic (exact) mass is 277 g/mol. The second kappa shape index (κ2) is 5.34. The zero-order chi connectivity index (χ0) is 14.0. The third kappa shape index (κ3) is 2.66. The fourth-order valence-corrected chi connectivity index (χ4v) is 5.10. The Bertz CT molecular complexity index is 614. The molecule has 1 aliphatic rings. The Kier molecular flexibility index (Phi) is 3.96. The molecule has 2 unspecified atom stereocenters. The van der Waals surface area contributed by atoms with Gasteiger partial charge in [-0.05, 0) is 38.3 Å². The van der Waals surface area contributed by atoms with E-state index >= 15 is 0 Å². The molecular formula is C15H19NO2S. The Morgan fingerprint density at radius 2 is 1.89 bits per heavy atom. The van der Waals surface area contributed by atoms with E-state index in [0.717, 1.165) is 24.0 Å². The molecule has 1 aromatic rings. The van der Waals surface area contributed by atoms with Gasteiger partial charge < -0.3 is 0 Å². The molecule has 0 heterocycles. The van der Waals surface area contributed by atoms with Crippen molar-refractivity contribution in [3.8, 4) is 6.07 Å². The second-order valence-corrected chi connectivity index (χ2v) is 7.51. The van der Waals surface area contributed by atoms with Gasteiger partial charge in [0.25, 0.3) is 0 Å². The maximum atomic E-state index is 12.7. The number of benzene rings is 1. The lowest BCUT2D eigenvalue weighted by Crippen LogP contribution is -2.32. The summed E-state index contributed by atoms with van der Waals surface area (Å²) in [6.45, 7) is 3.77. The Hall–Kier alpha value is -1.34. The van der Waals surface area contributed by atoms with Crippen LogP contribution in [0.15, 0.2) is 23.1 Å². The Morgan fingerprint density at radius 1 is 1.21 bits per heavy atom. The molecule has 3 nitrogen and oxygen atoms in total. The lowest BCUT2D eigenvalue weighted by atomic mass is 9.90. The molecule has 1 fully saturated rings. The van der Waals surface area contributed by atoms with Gasteiger partial charge in [0.2, 0.25) is 0 Å². The SMILES string of the molecule is Cc1ccc(S(=O)(=O)C2CCCCC2C#N)c(C)c1. The third-order valence-electron chi connectivity index (χ3n) is 3.90. The van der Waals surface area contributed by atoms with Crippen LogP contribution < -0.4 is 0 Å². The molecule has 0 aromatic heterocycles. The van der Waals surface area contributed by atoms with Gasteiger partial charge in [0.1, 0.15) is 0 Å². The van der Waals surface area contributed by atoms with Crippen LogP contribution in [0, 0.1) is 31.1 Å². The molecule has 1 aliphatic carbocycles. The summed E-state index contributed by atoms with van der Waals surface area (Å²) in [5.74, 6) is -0.362. The molecule has 1 aromatic carbocycles. The number of nitrogens with zero attached hydrogens (tertiary/aromatic N) is 1. The number of hydrogen-bond donors (Lipinski definition) is 0. The zero-order valence-electron chi connectivity index (χ0n) is 11.4. The number of aryl methyl sites for hydroxylation is 2. The van der Waals surface area contributed by atoms with E-state index in [1.807, 2.05) is 26.0 Å². The van der Waals surface area contributed by atoms with E-state index in [1.54, 1.807) is 6.07 Å². The summed E-state index contributed by atoms with van der Waals surface area (Å²) < 4.78 is 25.5. The van der Waals surface area contributed by atoms with E-state index in [2.05, 4.69) is 6.07 Å². The van der Waals surface area contributed by atoms with E-state index in [4.69, 9.17) is 0 Å². The number of hydrogen-bond acceptors (Lipinski definition) is 3. The highest BCUT2D eigenvalue weighted by Gasteiger charge is 2.37. The maximum absolute atomic E-state index is 12.7. The average molecular weight is 277 g/mol. The summed E-state index contributed by atoms with van der Waals surface area (Å²) in [6, 6.07) is 7.57. The van der Waals surface area contributed by atoms with Crippen molar-refractivity contribution in [2.75, 3.05) is 0 Å². The van der Waals surface area contributed by atoms with Crippen molar-refractivity contribution < 1.29 is 8.42 Å². The summed E-state index contributed by atoms with van der Waals surface area (Å²) in [7, 11) is -3.39. The van der Waals surface area contributed by atoms with Gasteiger partial charge in [-0.1, -0.05) is 30.5 Å². The first kappa shape index (κ1) is 14.1. The fourth-order valence-electron chi connectivity index (χ4n) is 2.90. The minimum atomic E-state index is -3.39. The Balaban J connectivity index is 2.44. The smallest absolute Gasteiger partial charge is 0.182 e. The molecule has 1 saturated carbocycles. The van der Waals surface area contributed by atoms with Crippen LogP contribution in [0.1, 0.15) is 36.8 Å². The summed E-state index contributed by atoms with van der Waals surface area (Å²) in [5.41, 5.74) is 1.83. The highest BCUT2D eigenvalue weighted by Crippen LogP contribution is 2.34. The first-order chi connectivity index (χ1) is 8.96.